The van der Waals surface area contributed by atoms with E-state index in [0.717, 1.165) is 5.56 Å². The van der Waals surface area contributed by atoms with Crippen LogP contribution in [0.5, 0.6) is 0 Å². The molecular weight excluding hydrogens is 246 g/mol. The maximum atomic E-state index is 11.4. The second kappa shape index (κ2) is 6.89. The molecule has 1 rings (SSSR count). The Morgan fingerprint density at radius 3 is 2.47 bits per heavy atom. The van der Waals surface area contributed by atoms with Crippen LogP contribution in [-0.2, 0) is 20.7 Å². The molecule has 0 fully saturated rings. The van der Waals surface area contributed by atoms with E-state index in [0.29, 0.717) is 6.42 Å². The minimum atomic E-state index is -1.10. The van der Waals surface area contributed by atoms with E-state index in [1.807, 2.05) is 30.3 Å². The zero-order valence-electron chi connectivity index (χ0n) is 11.2. The van der Waals surface area contributed by atoms with Crippen molar-refractivity contribution in [2.75, 3.05) is 13.7 Å². The average Bonchev–Trinajstić information content (AvgIpc) is 2.39. The van der Waals surface area contributed by atoms with Gasteiger partial charge in [-0.1, -0.05) is 30.3 Å². The number of carboxylic acids is 1. The van der Waals surface area contributed by atoms with Crippen molar-refractivity contribution in [3.8, 4) is 0 Å². The number of methoxy groups -OCH3 is 1. The molecular formula is C14H19NO4. The SMILES string of the molecule is COC(=O)CCNC(C)(Cc1ccccc1)C(=O)O. The molecule has 0 heterocycles. The predicted molar refractivity (Wildman–Crippen MR) is 70.8 cm³/mol. The summed E-state index contributed by atoms with van der Waals surface area (Å²) < 4.78 is 4.52. The first kappa shape index (κ1) is 15.2. The van der Waals surface area contributed by atoms with Gasteiger partial charge in [0.25, 0.3) is 0 Å². The molecule has 0 aliphatic rings. The molecule has 19 heavy (non-hydrogen) atoms. The molecule has 1 aromatic rings. The lowest BCUT2D eigenvalue weighted by Crippen LogP contribution is -2.51. The highest BCUT2D eigenvalue weighted by atomic mass is 16.5. The van der Waals surface area contributed by atoms with Crippen LogP contribution >= 0.6 is 0 Å². The van der Waals surface area contributed by atoms with Gasteiger partial charge in [-0.2, -0.15) is 0 Å². The average molecular weight is 265 g/mol. The van der Waals surface area contributed by atoms with Crippen molar-refractivity contribution in [2.45, 2.75) is 25.3 Å². The van der Waals surface area contributed by atoms with Crippen LogP contribution in [0.3, 0.4) is 0 Å². The molecule has 0 aliphatic carbocycles. The largest absolute Gasteiger partial charge is 0.480 e. The molecule has 0 amide bonds. The van der Waals surface area contributed by atoms with Gasteiger partial charge in [-0.15, -0.1) is 0 Å². The minimum Gasteiger partial charge on any atom is -0.480 e. The standard InChI is InChI=1S/C14H19NO4/c1-14(13(17)18,15-9-8-12(16)19-2)10-11-6-4-3-5-7-11/h3-7,15H,8-10H2,1-2H3,(H,17,18). The smallest absolute Gasteiger partial charge is 0.323 e. The molecule has 0 aromatic heterocycles. The maximum Gasteiger partial charge on any atom is 0.323 e. The van der Waals surface area contributed by atoms with Crippen LogP contribution in [-0.4, -0.2) is 36.2 Å². The van der Waals surface area contributed by atoms with Gasteiger partial charge in [-0.3, -0.25) is 9.59 Å². The van der Waals surface area contributed by atoms with Crippen LogP contribution < -0.4 is 5.32 Å². The van der Waals surface area contributed by atoms with Gasteiger partial charge in [0.1, 0.15) is 5.54 Å². The molecule has 5 heteroatoms. The number of hydrogen-bond acceptors (Lipinski definition) is 4. The molecule has 1 aromatic carbocycles. The molecule has 1 unspecified atom stereocenters. The lowest BCUT2D eigenvalue weighted by atomic mass is 9.92. The Morgan fingerprint density at radius 1 is 1.32 bits per heavy atom. The van der Waals surface area contributed by atoms with Gasteiger partial charge in [0.15, 0.2) is 0 Å². The molecule has 104 valence electrons. The number of benzene rings is 1. The van der Waals surface area contributed by atoms with Crippen molar-refractivity contribution in [3.05, 3.63) is 35.9 Å². The van der Waals surface area contributed by atoms with Crippen LogP contribution in [0.2, 0.25) is 0 Å². The normalized spacial score (nSPS) is 13.6. The maximum absolute atomic E-state index is 11.4. The van der Waals surface area contributed by atoms with Crippen LogP contribution in [0.4, 0.5) is 0 Å². The summed E-state index contributed by atoms with van der Waals surface area (Å²) in [6.07, 6.45) is 0.499. The number of carbonyl (C=O) groups excluding carboxylic acids is 1. The van der Waals surface area contributed by atoms with E-state index in [-0.39, 0.29) is 18.9 Å². The van der Waals surface area contributed by atoms with Gasteiger partial charge in [0.2, 0.25) is 0 Å². The highest BCUT2D eigenvalue weighted by molar-refractivity contribution is 5.79. The second-order valence-electron chi connectivity index (χ2n) is 4.55. The molecule has 2 N–H and O–H groups in total. The Balaban J connectivity index is 2.64. The van der Waals surface area contributed by atoms with E-state index in [1.54, 1.807) is 6.92 Å². The van der Waals surface area contributed by atoms with E-state index in [9.17, 15) is 14.7 Å². The van der Waals surface area contributed by atoms with Crippen LogP contribution in [0.1, 0.15) is 18.9 Å². The topological polar surface area (TPSA) is 75.6 Å². The molecule has 5 nitrogen and oxygen atoms in total. The monoisotopic (exact) mass is 265 g/mol. The zero-order chi connectivity index (χ0) is 14.3. The van der Waals surface area contributed by atoms with Gasteiger partial charge < -0.3 is 15.2 Å². The Kier molecular flexibility index (Phi) is 5.51. The summed E-state index contributed by atoms with van der Waals surface area (Å²) in [6.45, 7) is 1.88. The second-order valence-corrected chi connectivity index (χ2v) is 4.55. The number of nitrogens with one attached hydrogen (secondary N) is 1. The predicted octanol–water partition coefficient (Wildman–Crippen LogP) is 1.23. The van der Waals surface area contributed by atoms with Gasteiger partial charge >= 0.3 is 11.9 Å². The molecule has 0 bridgehead atoms. The van der Waals surface area contributed by atoms with Crippen molar-refractivity contribution in [2.24, 2.45) is 0 Å². The van der Waals surface area contributed by atoms with Crippen LogP contribution in [0.25, 0.3) is 0 Å². The van der Waals surface area contributed by atoms with Gasteiger partial charge in [0, 0.05) is 13.0 Å². The van der Waals surface area contributed by atoms with E-state index < -0.39 is 11.5 Å². The lowest BCUT2D eigenvalue weighted by Gasteiger charge is -2.26. The van der Waals surface area contributed by atoms with Crippen molar-refractivity contribution in [1.82, 2.24) is 5.32 Å². The summed E-state index contributed by atoms with van der Waals surface area (Å²) >= 11 is 0. The lowest BCUT2D eigenvalue weighted by molar-refractivity contribution is -0.145. The van der Waals surface area contributed by atoms with E-state index in [4.69, 9.17) is 0 Å². The first-order valence-electron chi connectivity index (χ1n) is 6.07. The van der Waals surface area contributed by atoms with Crippen molar-refractivity contribution >= 4 is 11.9 Å². The highest BCUT2D eigenvalue weighted by Crippen LogP contribution is 2.13. The van der Waals surface area contributed by atoms with Crippen molar-refractivity contribution < 1.29 is 19.4 Å². The fraction of sp³-hybridized carbons (Fsp3) is 0.429. The third-order valence-electron chi connectivity index (χ3n) is 2.94. The third kappa shape index (κ3) is 4.71. The zero-order valence-corrected chi connectivity index (χ0v) is 11.2. The number of carbonyl (C=O) groups is 2. The first-order chi connectivity index (χ1) is 8.98. The van der Waals surface area contributed by atoms with Crippen molar-refractivity contribution in [1.29, 1.82) is 0 Å². The van der Waals surface area contributed by atoms with Crippen LogP contribution in [0.15, 0.2) is 30.3 Å². The first-order valence-corrected chi connectivity index (χ1v) is 6.07. The number of hydrogen-bond donors (Lipinski definition) is 2. The summed E-state index contributed by atoms with van der Waals surface area (Å²) in [5.41, 5.74) is -0.173. The van der Waals surface area contributed by atoms with Gasteiger partial charge in [0.05, 0.1) is 13.5 Å². The summed E-state index contributed by atoms with van der Waals surface area (Å²) in [6, 6.07) is 9.37. The Labute approximate surface area is 112 Å². The third-order valence-corrected chi connectivity index (χ3v) is 2.94. The van der Waals surface area contributed by atoms with Gasteiger partial charge in [-0.05, 0) is 12.5 Å². The quantitative estimate of drug-likeness (QED) is 0.725. The number of rotatable bonds is 7. The Morgan fingerprint density at radius 2 is 1.95 bits per heavy atom. The Hall–Kier alpha value is -1.88. The number of carboxylic acid groups (broad SMARTS) is 1. The summed E-state index contributed by atoms with van der Waals surface area (Å²) in [5, 5.41) is 12.2. The van der Waals surface area contributed by atoms with Gasteiger partial charge in [-0.25, -0.2) is 0 Å². The summed E-state index contributed by atoms with van der Waals surface area (Å²) in [7, 11) is 1.31. The molecule has 0 saturated heterocycles. The van der Waals surface area contributed by atoms with E-state index in [2.05, 4.69) is 10.1 Å². The number of aliphatic carboxylic acids is 1. The van der Waals surface area contributed by atoms with E-state index >= 15 is 0 Å². The number of esters is 1. The summed E-state index contributed by atoms with van der Waals surface area (Å²) in [4.78, 5) is 22.4. The minimum absolute atomic E-state index is 0.147. The van der Waals surface area contributed by atoms with E-state index in [1.165, 1.54) is 7.11 Å². The highest BCUT2D eigenvalue weighted by Gasteiger charge is 2.32. The Bertz CT molecular complexity index is 432. The molecule has 0 spiro atoms. The molecule has 1 atom stereocenters. The fourth-order valence-corrected chi connectivity index (χ4v) is 1.76. The molecule has 0 radical (unpaired) electrons. The molecule has 0 saturated carbocycles. The van der Waals surface area contributed by atoms with Crippen LogP contribution in [0, 0.1) is 0 Å². The molecule has 0 aliphatic heterocycles. The summed E-state index contributed by atoms with van der Waals surface area (Å²) in [5.74, 6) is -1.30. The number of ether oxygens (including phenoxy) is 1. The fourth-order valence-electron chi connectivity index (χ4n) is 1.76. The van der Waals surface area contributed by atoms with Crippen molar-refractivity contribution in [3.63, 3.8) is 0 Å².